The summed E-state index contributed by atoms with van der Waals surface area (Å²) >= 11 is 0. The number of sulfone groups is 1. The van der Waals surface area contributed by atoms with Gasteiger partial charge < -0.3 is 10.1 Å². The Bertz CT molecular complexity index is 616. The van der Waals surface area contributed by atoms with Crippen molar-refractivity contribution in [1.82, 2.24) is 0 Å². The highest BCUT2D eigenvalue weighted by Crippen LogP contribution is 2.20. The van der Waals surface area contributed by atoms with Gasteiger partial charge in [0.05, 0.1) is 16.8 Å². The van der Waals surface area contributed by atoms with Crippen LogP contribution >= 0.6 is 0 Å². The Morgan fingerprint density at radius 2 is 2.09 bits per heavy atom. The van der Waals surface area contributed by atoms with Crippen molar-refractivity contribution in [1.29, 1.82) is 0 Å². The van der Waals surface area contributed by atoms with Crippen LogP contribution in [0, 0.1) is 0 Å². The Hall–Kier alpha value is -1.66. The number of benzene rings is 1. The van der Waals surface area contributed by atoms with Gasteiger partial charge in [0.1, 0.15) is 0 Å². The van der Waals surface area contributed by atoms with E-state index in [1.807, 2.05) is 0 Å². The lowest BCUT2D eigenvalue weighted by Gasteiger charge is -2.11. The van der Waals surface area contributed by atoms with E-state index in [-0.39, 0.29) is 22.7 Å². The predicted molar refractivity (Wildman–Crippen MR) is 85.5 cm³/mol. The molecule has 1 aliphatic heterocycles. The van der Waals surface area contributed by atoms with Crippen LogP contribution in [0.5, 0.6) is 0 Å². The number of carbonyl (C=O) groups excluding carboxylic acids is 1. The van der Waals surface area contributed by atoms with Crippen molar-refractivity contribution in [3.8, 4) is 0 Å². The van der Waals surface area contributed by atoms with Crippen molar-refractivity contribution >= 4 is 21.4 Å². The molecule has 1 aromatic rings. The van der Waals surface area contributed by atoms with E-state index in [2.05, 4.69) is 11.9 Å². The number of nitrogens with one attached hydrogen (secondary N) is 1. The Morgan fingerprint density at radius 3 is 2.68 bits per heavy atom. The normalized spacial score (nSPS) is 18.1. The topological polar surface area (TPSA) is 72.5 Å². The summed E-state index contributed by atoms with van der Waals surface area (Å²) in [6.45, 7) is 4.20. The van der Waals surface area contributed by atoms with Crippen LogP contribution in [0.2, 0.25) is 0 Å². The molecule has 1 amide bonds. The van der Waals surface area contributed by atoms with Crippen molar-refractivity contribution in [2.24, 2.45) is 0 Å². The molecular formula is C16H21NO4S. The molecule has 0 radical (unpaired) electrons. The van der Waals surface area contributed by atoms with Crippen LogP contribution in [0.1, 0.15) is 25.7 Å². The molecule has 1 unspecified atom stereocenters. The van der Waals surface area contributed by atoms with Crippen LogP contribution in [0.3, 0.4) is 0 Å². The van der Waals surface area contributed by atoms with Gasteiger partial charge in [0.25, 0.3) is 0 Å². The SMILES string of the molecule is C=CCCC(=O)Nc1ccc(S(=O)(=O)CC2CCCO2)cc1. The highest BCUT2D eigenvalue weighted by Gasteiger charge is 2.24. The van der Waals surface area contributed by atoms with Gasteiger partial charge in [-0.25, -0.2) is 8.42 Å². The molecule has 5 nitrogen and oxygen atoms in total. The number of carbonyl (C=O) groups is 1. The Morgan fingerprint density at radius 1 is 1.36 bits per heavy atom. The van der Waals surface area contributed by atoms with Crippen LogP contribution < -0.4 is 5.32 Å². The molecule has 1 aliphatic rings. The van der Waals surface area contributed by atoms with Crippen molar-refractivity contribution in [2.45, 2.75) is 36.7 Å². The number of amides is 1. The lowest BCUT2D eigenvalue weighted by atomic mass is 10.2. The summed E-state index contributed by atoms with van der Waals surface area (Å²) in [6.07, 6.45) is 4.15. The van der Waals surface area contributed by atoms with E-state index in [0.717, 1.165) is 12.8 Å². The van der Waals surface area contributed by atoms with Crippen LogP contribution in [-0.4, -0.2) is 32.8 Å². The summed E-state index contributed by atoms with van der Waals surface area (Å²) < 4.78 is 29.9. The Kier molecular flexibility index (Phi) is 5.74. The van der Waals surface area contributed by atoms with Gasteiger partial charge >= 0.3 is 0 Å². The molecule has 1 saturated heterocycles. The number of anilines is 1. The van der Waals surface area contributed by atoms with Crippen LogP contribution in [-0.2, 0) is 19.4 Å². The lowest BCUT2D eigenvalue weighted by molar-refractivity contribution is -0.116. The fourth-order valence-corrected chi connectivity index (χ4v) is 3.81. The molecule has 22 heavy (non-hydrogen) atoms. The first-order valence-corrected chi connectivity index (χ1v) is 9.01. The number of hydrogen-bond acceptors (Lipinski definition) is 4. The van der Waals surface area contributed by atoms with Gasteiger partial charge in [-0.05, 0) is 43.5 Å². The molecule has 1 heterocycles. The zero-order valence-electron chi connectivity index (χ0n) is 12.5. The van der Waals surface area contributed by atoms with Gasteiger partial charge in [-0.15, -0.1) is 6.58 Å². The molecule has 120 valence electrons. The van der Waals surface area contributed by atoms with Crippen molar-refractivity contribution in [3.05, 3.63) is 36.9 Å². The Labute approximate surface area is 131 Å². The fourth-order valence-electron chi connectivity index (χ4n) is 2.32. The largest absolute Gasteiger partial charge is 0.377 e. The van der Waals surface area contributed by atoms with E-state index in [1.165, 1.54) is 12.1 Å². The molecule has 6 heteroatoms. The minimum Gasteiger partial charge on any atom is -0.377 e. The summed E-state index contributed by atoms with van der Waals surface area (Å²) in [7, 11) is -3.35. The smallest absolute Gasteiger partial charge is 0.224 e. The monoisotopic (exact) mass is 323 g/mol. The molecule has 2 rings (SSSR count). The summed E-state index contributed by atoms with van der Waals surface area (Å²) in [5.41, 5.74) is 0.588. The number of hydrogen-bond donors (Lipinski definition) is 1. The summed E-state index contributed by atoms with van der Waals surface area (Å²) in [5, 5.41) is 2.72. The molecule has 1 aromatic carbocycles. The second kappa shape index (κ2) is 7.56. The molecule has 0 aliphatic carbocycles. The third-order valence-corrected chi connectivity index (χ3v) is 5.30. The first-order chi connectivity index (χ1) is 10.5. The fraction of sp³-hybridized carbons (Fsp3) is 0.438. The lowest BCUT2D eigenvalue weighted by Crippen LogP contribution is -2.20. The van der Waals surface area contributed by atoms with Gasteiger partial charge in [-0.2, -0.15) is 0 Å². The maximum absolute atomic E-state index is 12.3. The molecule has 1 fully saturated rings. The number of rotatable bonds is 7. The van der Waals surface area contributed by atoms with Gasteiger partial charge in [-0.1, -0.05) is 6.08 Å². The van der Waals surface area contributed by atoms with Gasteiger partial charge in [0.15, 0.2) is 9.84 Å². The summed E-state index contributed by atoms with van der Waals surface area (Å²) in [4.78, 5) is 11.8. The average molecular weight is 323 g/mol. The van der Waals surface area contributed by atoms with Crippen LogP contribution in [0.4, 0.5) is 5.69 Å². The van der Waals surface area contributed by atoms with E-state index in [9.17, 15) is 13.2 Å². The minimum absolute atomic E-state index is 0.0119. The zero-order valence-corrected chi connectivity index (χ0v) is 13.3. The van der Waals surface area contributed by atoms with Crippen molar-refractivity contribution in [3.63, 3.8) is 0 Å². The van der Waals surface area contributed by atoms with E-state index in [0.29, 0.717) is 25.1 Å². The van der Waals surface area contributed by atoms with Crippen LogP contribution in [0.25, 0.3) is 0 Å². The quantitative estimate of drug-likeness (QED) is 0.783. The molecule has 1 atom stereocenters. The highest BCUT2D eigenvalue weighted by atomic mass is 32.2. The third kappa shape index (κ3) is 4.68. The van der Waals surface area contributed by atoms with E-state index in [1.54, 1.807) is 18.2 Å². The standard InChI is InChI=1S/C16H21NO4S/c1-2-3-6-16(18)17-13-7-9-15(10-8-13)22(19,20)12-14-5-4-11-21-14/h2,7-10,14H,1,3-6,11-12H2,(H,17,18). The Balaban J connectivity index is 1.98. The summed E-state index contributed by atoms with van der Waals surface area (Å²) in [5.74, 6) is -0.104. The molecule has 0 bridgehead atoms. The van der Waals surface area contributed by atoms with Gasteiger partial charge in [0, 0.05) is 18.7 Å². The minimum atomic E-state index is -3.35. The highest BCUT2D eigenvalue weighted by molar-refractivity contribution is 7.91. The third-order valence-electron chi connectivity index (χ3n) is 3.50. The van der Waals surface area contributed by atoms with Gasteiger partial charge in [0.2, 0.25) is 5.91 Å². The van der Waals surface area contributed by atoms with Crippen LogP contribution in [0.15, 0.2) is 41.8 Å². The number of allylic oxidation sites excluding steroid dienone is 1. The molecule has 0 aromatic heterocycles. The van der Waals surface area contributed by atoms with E-state index < -0.39 is 9.84 Å². The molecule has 0 saturated carbocycles. The van der Waals surface area contributed by atoms with Crippen molar-refractivity contribution < 1.29 is 17.9 Å². The predicted octanol–water partition coefficient (Wildman–Crippen LogP) is 2.54. The molecular weight excluding hydrogens is 302 g/mol. The summed E-state index contributed by atoms with van der Waals surface area (Å²) in [6, 6.07) is 6.25. The maximum atomic E-state index is 12.3. The number of ether oxygens (including phenoxy) is 1. The molecule has 0 spiro atoms. The van der Waals surface area contributed by atoms with E-state index >= 15 is 0 Å². The van der Waals surface area contributed by atoms with Crippen molar-refractivity contribution in [2.75, 3.05) is 17.7 Å². The average Bonchev–Trinajstić information content (AvgIpc) is 2.98. The van der Waals surface area contributed by atoms with Gasteiger partial charge in [-0.3, -0.25) is 4.79 Å². The first-order valence-electron chi connectivity index (χ1n) is 7.36. The molecule has 1 N–H and O–H groups in total. The zero-order chi connectivity index (χ0) is 16.0. The second-order valence-corrected chi connectivity index (χ2v) is 7.35. The maximum Gasteiger partial charge on any atom is 0.224 e. The second-order valence-electron chi connectivity index (χ2n) is 5.32. The van der Waals surface area contributed by atoms with E-state index in [4.69, 9.17) is 4.74 Å². The first kappa shape index (κ1) is 16.7.